The van der Waals surface area contributed by atoms with E-state index in [1.165, 1.54) is 16.8 Å². The number of thioether (sulfide) groups is 1. The Morgan fingerprint density at radius 3 is 2.80 bits per heavy atom. The van der Waals surface area contributed by atoms with E-state index in [0.29, 0.717) is 18.8 Å². The van der Waals surface area contributed by atoms with Gasteiger partial charge in [-0.15, -0.1) is 6.58 Å². The molecule has 1 aromatic heterocycles. The lowest BCUT2D eigenvalue weighted by atomic mass is 10.4. The third kappa shape index (κ3) is 4.39. The average molecular weight is 318 g/mol. The smallest absolute Gasteiger partial charge is 0.352 e. The first-order valence-corrected chi connectivity index (χ1v) is 8.68. The van der Waals surface area contributed by atoms with E-state index in [1.54, 1.807) is 24.8 Å². The minimum atomic E-state index is -3.67. The van der Waals surface area contributed by atoms with Gasteiger partial charge in [0.05, 0.1) is 0 Å². The van der Waals surface area contributed by atoms with Crippen LogP contribution in [-0.2, 0) is 16.6 Å². The fourth-order valence-electron chi connectivity index (χ4n) is 1.57. The zero-order valence-electron chi connectivity index (χ0n) is 11.2. The lowest BCUT2D eigenvalue weighted by Gasteiger charge is -2.04. The summed E-state index contributed by atoms with van der Waals surface area (Å²) in [6.45, 7) is 6.01. The number of carboxylic acid groups (broad SMARTS) is 1. The van der Waals surface area contributed by atoms with Crippen LogP contribution >= 0.6 is 11.8 Å². The van der Waals surface area contributed by atoms with Gasteiger partial charge in [0.25, 0.3) is 0 Å². The predicted molar refractivity (Wildman–Crippen MR) is 79.8 cm³/mol. The number of rotatable bonds is 9. The van der Waals surface area contributed by atoms with Crippen LogP contribution in [0.2, 0.25) is 0 Å². The first-order chi connectivity index (χ1) is 9.42. The molecule has 0 saturated carbocycles. The van der Waals surface area contributed by atoms with Crippen LogP contribution in [0.5, 0.6) is 0 Å². The zero-order chi connectivity index (χ0) is 15.2. The number of aromatic nitrogens is 1. The molecule has 1 heterocycles. The molecule has 6 nitrogen and oxygen atoms in total. The van der Waals surface area contributed by atoms with Gasteiger partial charge in [-0.25, -0.2) is 17.9 Å². The minimum Gasteiger partial charge on any atom is -0.477 e. The Labute approximate surface area is 122 Å². The molecule has 8 heteroatoms. The van der Waals surface area contributed by atoms with Crippen LogP contribution in [0.3, 0.4) is 0 Å². The summed E-state index contributed by atoms with van der Waals surface area (Å²) in [5, 5.41) is 9.00. The summed E-state index contributed by atoms with van der Waals surface area (Å²) in [5.74, 6) is 0.248. The van der Waals surface area contributed by atoms with Gasteiger partial charge in [-0.3, -0.25) is 0 Å². The second-order valence-corrected chi connectivity index (χ2v) is 6.83. The van der Waals surface area contributed by atoms with Crippen molar-refractivity contribution in [1.29, 1.82) is 0 Å². The van der Waals surface area contributed by atoms with Crippen LogP contribution in [0.15, 0.2) is 29.8 Å². The third-order valence-electron chi connectivity index (χ3n) is 2.52. The Morgan fingerprint density at radius 1 is 1.60 bits per heavy atom. The molecule has 0 fully saturated rings. The molecular formula is C12H18N2O4S2. The van der Waals surface area contributed by atoms with Crippen molar-refractivity contribution < 1.29 is 18.3 Å². The van der Waals surface area contributed by atoms with Crippen molar-refractivity contribution >= 4 is 27.8 Å². The van der Waals surface area contributed by atoms with Gasteiger partial charge in [0.15, 0.2) is 0 Å². The topological polar surface area (TPSA) is 88.4 Å². The first kappa shape index (κ1) is 16.8. The molecule has 1 rings (SSSR count). The molecule has 112 valence electrons. The van der Waals surface area contributed by atoms with Crippen LogP contribution < -0.4 is 4.72 Å². The molecule has 20 heavy (non-hydrogen) atoms. The summed E-state index contributed by atoms with van der Waals surface area (Å²) < 4.78 is 27.9. The third-order valence-corrected chi connectivity index (χ3v) is 4.91. The van der Waals surface area contributed by atoms with E-state index >= 15 is 0 Å². The monoisotopic (exact) mass is 318 g/mol. The molecule has 0 atom stereocenters. The van der Waals surface area contributed by atoms with E-state index in [4.69, 9.17) is 5.11 Å². The number of carbonyl (C=O) groups is 1. The van der Waals surface area contributed by atoms with E-state index in [-0.39, 0.29) is 10.6 Å². The van der Waals surface area contributed by atoms with Gasteiger partial charge < -0.3 is 9.67 Å². The number of hydrogen-bond acceptors (Lipinski definition) is 4. The summed E-state index contributed by atoms with van der Waals surface area (Å²) in [6.07, 6.45) is 3.09. The molecule has 0 aliphatic heterocycles. The second-order valence-electron chi connectivity index (χ2n) is 3.91. The van der Waals surface area contributed by atoms with Crippen molar-refractivity contribution in [2.75, 3.05) is 18.1 Å². The van der Waals surface area contributed by atoms with E-state index in [1.807, 2.05) is 0 Å². The fourth-order valence-corrected chi connectivity index (χ4v) is 3.35. The molecule has 0 aromatic carbocycles. The lowest BCUT2D eigenvalue weighted by molar-refractivity contribution is 0.0685. The Kier molecular flexibility index (Phi) is 6.31. The average Bonchev–Trinajstić information content (AvgIpc) is 2.83. The quantitative estimate of drug-likeness (QED) is 0.531. The Bertz CT molecular complexity index is 578. The van der Waals surface area contributed by atoms with Crippen molar-refractivity contribution in [2.45, 2.75) is 18.4 Å². The molecule has 0 bridgehead atoms. The van der Waals surface area contributed by atoms with Crippen LogP contribution in [-0.4, -0.2) is 42.1 Å². The number of carboxylic acids is 1. The molecule has 0 saturated heterocycles. The number of nitrogens with one attached hydrogen (secondary N) is 1. The highest BCUT2D eigenvalue weighted by atomic mass is 32.2. The molecular weight excluding hydrogens is 300 g/mol. The van der Waals surface area contributed by atoms with Crippen molar-refractivity contribution in [1.82, 2.24) is 9.29 Å². The Morgan fingerprint density at radius 2 is 2.30 bits per heavy atom. The largest absolute Gasteiger partial charge is 0.477 e. The van der Waals surface area contributed by atoms with E-state index in [9.17, 15) is 13.2 Å². The summed E-state index contributed by atoms with van der Waals surface area (Å²) >= 11 is 1.56. The second kappa shape index (κ2) is 7.51. The van der Waals surface area contributed by atoms with Gasteiger partial charge in [-0.2, -0.15) is 11.8 Å². The lowest BCUT2D eigenvalue weighted by Crippen LogP contribution is -2.25. The molecule has 0 radical (unpaired) electrons. The molecule has 1 aromatic rings. The predicted octanol–water partition coefficient (Wildman–Crippen LogP) is 1.40. The molecule has 0 unspecified atom stereocenters. The molecule has 0 aliphatic carbocycles. The maximum absolute atomic E-state index is 12.0. The number of hydrogen-bond donors (Lipinski definition) is 2. The normalized spacial score (nSPS) is 11.4. The summed E-state index contributed by atoms with van der Waals surface area (Å²) in [7, 11) is -3.67. The van der Waals surface area contributed by atoms with Crippen LogP contribution in [0.1, 0.15) is 17.4 Å². The summed E-state index contributed by atoms with van der Waals surface area (Å²) in [5.41, 5.74) is -0.0334. The van der Waals surface area contributed by atoms with E-state index < -0.39 is 16.0 Å². The Balaban J connectivity index is 2.77. The first-order valence-electron chi connectivity index (χ1n) is 6.04. The minimum absolute atomic E-state index is 0.0227. The van der Waals surface area contributed by atoms with E-state index in [0.717, 1.165) is 5.75 Å². The van der Waals surface area contributed by atoms with Gasteiger partial charge in [0.2, 0.25) is 10.0 Å². The van der Waals surface area contributed by atoms with E-state index in [2.05, 4.69) is 11.3 Å². The van der Waals surface area contributed by atoms with Crippen molar-refractivity contribution in [3.8, 4) is 0 Å². The highest BCUT2D eigenvalue weighted by molar-refractivity contribution is 7.99. The van der Waals surface area contributed by atoms with Crippen molar-refractivity contribution in [2.24, 2.45) is 0 Å². The molecule has 2 N–H and O–H groups in total. The molecule has 0 aliphatic rings. The maximum atomic E-state index is 12.0. The highest BCUT2D eigenvalue weighted by Gasteiger charge is 2.20. The van der Waals surface area contributed by atoms with Crippen LogP contribution in [0, 0.1) is 0 Å². The van der Waals surface area contributed by atoms with Gasteiger partial charge in [-0.05, 0) is 13.0 Å². The van der Waals surface area contributed by atoms with Gasteiger partial charge in [-0.1, -0.05) is 6.08 Å². The highest BCUT2D eigenvalue weighted by Crippen LogP contribution is 2.14. The maximum Gasteiger partial charge on any atom is 0.352 e. The number of sulfonamides is 1. The Hall–Kier alpha value is -1.25. The molecule has 0 spiro atoms. The number of aromatic carboxylic acids is 1. The van der Waals surface area contributed by atoms with Crippen LogP contribution in [0.25, 0.3) is 0 Å². The molecule has 0 amide bonds. The van der Waals surface area contributed by atoms with Crippen LogP contribution in [0.4, 0.5) is 0 Å². The SMILES string of the molecule is C=CCSCCNS(=O)(=O)c1cc(C(=O)O)n(CC)c1. The number of nitrogens with zero attached hydrogens (tertiary/aromatic N) is 1. The van der Waals surface area contributed by atoms with Crippen molar-refractivity contribution in [3.05, 3.63) is 30.6 Å². The van der Waals surface area contributed by atoms with Gasteiger partial charge in [0, 0.05) is 30.8 Å². The standard InChI is InChI=1S/C12H18N2O4S2/c1-3-6-19-7-5-13-20(17,18)10-8-11(12(15)16)14(4-2)9-10/h3,8-9,13H,1,4-7H2,2H3,(H,15,16). The zero-order valence-corrected chi connectivity index (χ0v) is 12.8. The summed E-state index contributed by atoms with van der Waals surface area (Å²) in [6, 6.07) is 1.17. The fraction of sp³-hybridized carbons (Fsp3) is 0.417. The van der Waals surface area contributed by atoms with Gasteiger partial charge in [0.1, 0.15) is 10.6 Å². The summed E-state index contributed by atoms with van der Waals surface area (Å²) in [4.78, 5) is 11.0. The number of aryl methyl sites for hydroxylation is 1. The van der Waals surface area contributed by atoms with Crippen molar-refractivity contribution in [3.63, 3.8) is 0 Å². The van der Waals surface area contributed by atoms with Gasteiger partial charge >= 0.3 is 5.97 Å².